The van der Waals surface area contributed by atoms with Crippen molar-refractivity contribution in [1.29, 1.82) is 0 Å². The molecular formula is C12H15BrN2O. The van der Waals surface area contributed by atoms with Gasteiger partial charge in [0.25, 0.3) is 0 Å². The summed E-state index contributed by atoms with van der Waals surface area (Å²) >= 11 is 3.22. The maximum absolute atomic E-state index is 11.8. The third-order valence-electron chi connectivity index (χ3n) is 3.07. The number of rotatable bonds is 2. The lowest BCUT2D eigenvalue weighted by Crippen LogP contribution is -2.38. The number of para-hydroxylation sites is 1. The molecule has 3 nitrogen and oxygen atoms in total. The van der Waals surface area contributed by atoms with E-state index in [9.17, 15) is 4.79 Å². The Labute approximate surface area is 104 Å². The average molecular weight is 283 g/mol. The van der Waals surface area contributed by atoms with Crippen LogP contribution in [0.15, 0.2) is 24.3 Å². The van der Waals surface area contributed by atoms with E-state index in [1.165, 1.54) is 5.56 Å². The Bertz CT molecular complexity index is 394. The van der Waals surface area contributed by atoms with Gasteiger partial charge in [-0.15, -0.1) is 0 Å². The van der Waals surface area contributed by atoms with Crippen molar-refractivity contribution >= 4 is 27.5 Å². The fourth-order valence-corrected chi connectivity index (χ4v) is 2.52. The molecule has 0 aromatic heterocycles. The molecule has 1 aromatic carbocycles. The van der Waals surface area contributed by atoms with Crippen molar-refractivity contribution in [2.24, 2.45) is 5.73 Å². The summed E-state index contributed by atoms with van der Waals surface area (Å²) in [6, 6.07) is 8.04. The monoisotopic (exact) mass is 282 g/mol. The lowest BCUT2D eigenvalue weighted by atomic mass is 9.90. The molecule has 2 N–H and O–H groups in total. The Morgan fingerprint density at radius 1 is 1.50 bits per heavy atom. The molecule has 0 aliphatic carbocycles. The minimum absolute atomic E-state index is 0.114. The molecule has 1 aliphatic rings. The molecule has 1 aliphatic heterocycles. The molecule has 16 heavy (non-hydrogen) atoms. The van der Waals surface area contributed by atoms with E-state index < -0.39 is 0 Å². The Morgan fingerprint density at radius 2 is 2.25 bits per heavy atom. The van der Waals surface area contributed by atoms with Crippen LogP contribution >= 0.6 is 15.9 Å². The van der Waals surface area contributed by atoms with Crippen LogP contribution in [-0.2, 0) is 4.79 Å². The Morgan fingerprint density at radius 3 is 2.94 bits per heavy atom. The normalized spacial score (nSPS) is 19.4. The second-order valence-electron chi connectivity index (χ2n) is 3.96. The van der Waals surface area contributed by atoms with E-state index in [2.05, 4.69) is 22.0 Å². The van der Waals surface area contributed by atoms with Gasteiger partial charge in [0.15, 0.2) is 0 Å². The number of hydrogen-bond acceptors (Lipinski definition) is 2. The fourth-order valence-electron chi connectivity index (χ4n) is 2.22. The highest BCUT2D eigenvalue weighted by atomic mass is 79.9. The van der Waals surface area contributed by atoms with Crippen LogP contribution in [0.25, 0.3) is 0 Å². The summed E-state index contributed by atoms with van der Waals surface area (Å²) in [6.07, 6.45) is 0.951. The first-order valence-electron chi connectivity index (χ1n) is 5.43. The molecule has 1 unspecified atom stereocenters. The standard InChI is InChI=1S/C12H15BrN2O/c13-7-12(16)15-6-5-9(8-14)10-3-1-2-4-11(10)15/h1-4,9H,5-8,14H2. The predicted octanol–water partition coefficient (Wildman–Crippen LogP) is 1.86. The summed E-state index contributed by atoms with van der Waals surface area (Å²) in [5.74, 6) is 0.499. The molecule has 0 spiro atoms. The number of nitrogens with two attached hydrogens (primary N) is 1. The smallest absolute Gasteiger partial charge is 0.237 e. The topological polar surface area (TPSA) is 46.3 Å². The number of halogens is 1. The third-order valence-corrected chi connectivity index (χ3v) is 3.55. The van der Waals surface area contributed by atoms with Crippen LogP contribution in [-0.4, -0.2) is 24.3 Å². The van der Waals surface area contributed by atoms with Crippen LogP contribution in [0.2, 0.25) is 0 Å². The van der Waals surface area contributed by atoms with Crippen molar-refractivity contribution in [2.45, 2.75) is 12.3 Å². The van der Waals surface area contributed by atoms with Gasteiger partial charge in [0.05, 0.1) is 5.33 Å². The molecule has 0 bridgehead atoms. The summed E-state index contributed by atoms with van der Waals surface area (Å²) < 4.78 is 0. The lowest BCUT2D eigenvalue weighted by molar-refractivity contribution is -0.116. The van der Waals surface area contributed by atoms with E-state index in [0.717, 1.165) is 18.7 Å². The highest BCUT2D eigenvalue weighted by Crippen LogP contribution is 2.34. The predicted molar refractivity (Wildman–Crippen MR) is 69.0 cm³/mol. The Kier molecular flexibility index (Phi) is 3.61. The van der Waals surface area contributed by atoms with E-state index >= 15 is 0 Å². The molecule has 0 saturated heterocycles. The number of amides is 1. The summed E-state index contributed by atoms with van der Waals surface area (Å²) in [6.45, 7) is 1.41. The Hall–Kier alpha value is -0.870. The second-order valence-corrected chi connectivity index (χ2v) is 4.52. The Balaban J connectivity index is 2.38. The van der Waals surface area contributed by atoms with Gasteiger partial charge in [0.2, 0.25) is 5.91 Å². The van der Waals surface area contributed by atoms with E-state index in [1.807, 2.05) is 23.1 Å². The van der Waals surface area contributed by atoms with Gasteiger partial charge >= 0.3 is 0 Å². The van der Waals surface area contributed by atoms with Crippen LogP contribution < -0.4 is 10.6 Å². The molecule has 1 atom stereocenters. The quantitative estimate of drug-likeness (QED) is 0.842. The first-order valence-corrected chi connectivity index (χ1v) is 6.55. The van der Waals surface area contributed by atoms with Crippen molar-refractivity contribution < 1.29 is 4.79 Å². The fraction of sp³-hybridized carbons (Fsp3) is 0.417. The molecule has 86 valence electrons. The van der Waals surface area contributed by atoms with E-state index in [0.29, 0.717) is 17.8 Å². The number of carbonyl (C=O) groups is 1. The maximum Gasteiger partial charge on any atom is 0.237 e. The molecule has 4 heteroatoms. The molecular weight excluding hydrogens is 268 g/mol. The van der Waals surface area contributed by atoms with Crippen LogP contribution in [0.1, 0.15) is 17.9 Å². The summed E-state index contributed by atoms with van der Waals surface area (Å²) in [5, 5.41) is 0.370. The van der Waals surface area contributed by atoms with Gasteiger partial charge in [-0.2, -0.15) is 0 Å². The van der Waals surface area contributed by atoms with Crippen molar-refractivity contribution in [3.05, 3.63) is 29.8 Å². The molecule has 1 aromatic rings. The van der Waals surface area contributed by atoms with Crippen molar-refractivity contribution in [3.8, 4) is 0 Å². The zero-order chi connectivity index (χ0) is 11.5. The number of anilines is 1. The number of carbonyl (C=O) groups excluding carboxylic acids is 1. The van der Waals surface area contributed by atoms with Gasteiger partial charge in [0, 0.05) is 12.2 Å². The number of hydrogen-bond donors (Lipinski definition) is 1. The molecule has 1 amide bonds. The van der Waals surface area contributed by atoms with Crippen LogP contribution in [0, 0.1) is 0 Å². The van der Waals surface area contributed by atoms with Gasteiger partial charge < -0.3 is 10.6 Å². The highest BCUT2D eigenvalue weighted by Gasteiger charge is 2.26. The lowest BCUT2D eigenvalue weighted by Gasteiger charge is -2.33. The van der Waals surface area contributed by atoms with E-state index in [-0.39, 0.29) is 5.91 Å². The largest absolute Gasteiger partial charge is 0.330 e. The molecule has 0 radical (unpaired) electrons. The third kappa shape index (κ3) is 1.99. The van der Waals surface area contributed by atoms with E-state index in [1.54, 1.807) is 0 Å². The number of alkyl halides is 1. The minimum Gasteiger partial charge on any atom is -0.330 e. The van der Waals surface area contributed by atoms with Gasteiger partial charge in [-0.25, -0.2) is 0 Å². The first kappa shape index (κ1) is 11.6. The summed E-state index contributed by atoms with van der Waals surface area (Å²) in [5.41, 5.74) is 7.98. The molecule has 1 heterocycles. The summed E-state index contributed by atoms with van der Waals surface area (Å²) in [7, 11) is 0. The second kappa shape index (κ2) is 4.97. The van der Waals surface area contributed by atoms with Crippen molar-refractivity contribution in [1.82, 2.24) is 0 Å². The van der Waals surface area contributed by atoms with Gasteiger partial charge in [-0.3, -0.25) is 4.79 Å². The van der Waals surface area contributed by atoms with Crippen molar-refractivity contribution in [3.63, 3.8) is 0 Å². The SMILES string of the molecule is NCC1CCN(C(=O)CBr)c2ccccc21. The molecule has 0 saturated carbocycles. The molecule has 2 rings (SSSR count). The van der Waals surface area contributed by atoms with Crippen molar-refractivity contribution in [2.75, 3.05) is 23.3 Å². The van der Waals surface area contributed by atoms with Crippen LogP contribution in [0.5, 0.6) is 0 Å². The van der Waals surface area contributed by atoms with Crippen LogP contribution in [0.4, 0.5) is 5.69 Å². The maximum atomic E-state index is 11.8. The summed E-state index contributed by atoms with van der Waals surface area (Å²) in [4.78, 5) is 13.6. The number of nitrogens with zero attached hydrogens (tertiary/aromatic N) is 1. The van der Waals surface area contributed by atoms with Gasteiger partial charge in [0.1, 0.15) is 0 Å². The van der Waals surface area contributed by atoms with E-state index in [4.69, 9.17) is 5.73 Å². The average Bonchev–Trinajstić information content (AvgIpc) is 2.36. The highest BCUT2D eigenvalue weighted by molar-refractivity contribution is 9.09. The van der Waals surface area contributed by atoms with Gasteiger partial charge in [-0.05, 0) is 30.5 Å². The molecule has 0 fully saturated rings. The van der Waals surface area contributed by atoms with Gasteiger partial charge in [-0.1, -0.05) is 34.1 Å². The number of fused-ring (bicyclic) bond motifs is 1. The first-order chi connectivity index (χ1) is 7.77. The zero-order valence-electron chi connectivity index (χ0n) is 9.03. The zero-order valence-corrected chi connectivity index (χ0v) is 10.6. The van der Waals surface area contributed by atoms with Crippen LogP contribution in [0.3, 0.4) is 0 Å². The minimum atomic E-state index is 0.114. The number of benzene rings is 1.